The van der Waals surface area contributed by atoms with E-state index >= 15 is 0 Å². The molecule has 0 atom stereocenters. The zero-order valence-corrected chi connectivity index (χ0v) is 9.72. The first-order valence-corrected chi connectivity index (χ1v) is 5.69. The van der Waals surface area contributed by atoms with Crippen molar-refractivity contribution < 1.29 is 9.53 Å². The van der Waals surface area contributed by atoms with Crippen LogP contribution in [0.3, 0.4) is 0 Å². The summed E-state index contributed by atoms with van der Waals surface area (Å²) in [7, 11) is 0. The van der Waals surface area contributed by atoms with E-state index in [9.17, 15) is 4.79 Å². The van der Waals surface area contributed by atoms with Crippen molar-refractivity contribution in [1.29, 1.82) is 0 Å². The maximum Gasteiger partial charge on any atom is 0.338 e. The highest BCUT2D eigenvalue weighted by atomic mass is 16.5. The summed E-state index contributed by atoms with van der Waals surface area (Å²) in [6.45, 7) is 2.52. The van der Waals surface area contributed by atoms with Gasteiger partial charge in [0, 0.05) is 12.4 Å². The van der Waals surface area contributed by atoms with Crippen molar-refractivity contribution in [2.24, 2.45) is 0 Å². The Morgan fingerprint density at radius 3 is 2.76 bits per heavy atom. The summed E-state index contributed by atoms with van der Waals surface area (Å²) in [5, 5.41) is 0. The number of carbonyl (C=O) groups excluding carboxylic acids is 1. The van der Waals surface area contributed by atoms with Gasteiger partial charge in [0.05, 0.1) is 23.2 Å². The van der Waals surface area contributed by atoms with E-state index < -0.39 is 0 Å². The van der Waals surface area contributed by atoms with Gasteiger partial charge in [-0.1, -0.05) is 13.3 Å². The Kier molecular flexibility index (Phi) is 3.65. The number of aromatic nitrogens is 2. The van der Waals surface area contributed by atoms with Crippen molar-refractivity contribution in [3.8, 4) is 0 Å². The van der Waals surface area contributed by atoms with Crippen LogP contribution < -0.4 is 0 Å². The molecule has 0 aliphatic carbocycles. The molecule has 4 nitrogen and oxygen atoms in total. The quantitative estimate of drug-likeness (QED) is 0.598. The van der Waals surface area contributed by atoms with Crippen LogP contribution in [0.2, 0.25) is 0 Å². The molecule has 0 radical (unpaired) electrons. The molecule has 88 valence electrons. The topological polar surface area (TPSA) is 52.1 Å². The molecule has 2 rings (SSSR count). The molecular formula is C13H14N2O2. The van der Waals surface area contributed by atoms with Crippen molar-refractivity contribution in [3.05, 3.63) is 36.2 Å². The van der Waals surface area contributed by atoms with Gasteiger partial charge in [-0.3, -0.25) is 9.97 Å². The van der Waals surface area contributed by atoms with Crippen LogP contribution in [0.4, 0.5) is 0 Å². The lowest BCUT2D eigenvalue weighted by atomic mass is 10.2. The molecule has 0 N–H and O–H groups in total. The Morgan fingerprint density at radius 2 is 2.00 bits per heavy atom. The number of esters is 1. The number of benzene rings is 1. The summed E-state index contributed by atoms with van der Waals surface area (Å²) < 4.78 is 5.13. The van der Waals surface area contributed by atoms with Gasteiger partial charge in [-0.15, -0.1) is 0 Å². The van der Waals surface area contributed by atoms with Crippen LogP contribution >= 0.6 is 0 Å². The van der Waals surface area contributed by atoms with Crippen LogP contribution in [-0.2, 0) is 4.74 Å². The first-order chi connectivity index (χ1) is 8.31. The molecule has 1 aromatic carbocycles. The van der Waals surface area contributed by atoms with Gasteiger partial charge in [0.2, 0.25) is 0 Å². The van der Waals surface area contributed by atoms with Crippen LogP contribution in [0.5, 0.6) is 0 Å². The summed E-state index contributed by atoms with van der Waals surface area (Å²) in [5.41, 5.74) is 2.00. The molecule has 2 aromatic rings. The average molecular weight is 230 g/mol. The number of fused-ring (bicyclic) bond motifs is 1. The molecule has 0 spiro atoms. The highest BCUT2D eigenvalue weighted by molar-refractivity contribution is 5.93. The fraction of sp³-hybridized carbons (Fsp3) is 0.308. The molecular weight excluding hydrogens is 216 g/mol. The SMILES string of the molecule is CCCCOC(=O)c1ccc2nccnc2c1. The summed E-state index contributed by atoms with van der Waals surface area (Å²) in [5.74, 6) is -0.300. The molecule has 0 unspecified atom stereocenters. The van der Waals surface area contributed by atoms with Crippen LogP contribution in [-0.4, -0.2) is 22.5 Å². The number of carbonyl (C=O) groups is 1. The normalized spacial score (nSPS) is 10.4. The van der Waals surface area contributed by atoms with Gasteiger partial charge < -0.3 is 4.74 Å². The Labute approximate surface area is 99.7 Å². The van der Waals surface area contributed by atoms with Crippen molar-refractivity contribution in [2.45, 2.75) is 19.8 Å². The maximum absolute atomic E-state index is 11.7. The van der Waals surface area contributed by atoms with E-state index in [0.29, 0.717) is 17.7 Å². The highest BCUT2D eigenvalue weighted by Gasteiger charge is 2.08. The highest BCUT2D eigenvalue weighted by Crippen LogP contribution is 2.11. The van der Waals surface area contributed by atoms with Gasteiger partial charge in [-0.05, 0) is 24.6 Å². The largest absolute Gasteiger partial charge is 0.462 e. The zero-order chi connectivity index (χ0) is 12.1. The second-order valence-electron chi connectivity index (χ2n) is 3.75. The van der Waals surface area contributed by atoms with Gasteiger partial charge >= 0.3 is 5.97 Å². The molecule has 0 bridgehead atoms. The summed E-state index contributed by atoms with van der Waals surface area (Å²) >= 11 is 0. The van der Waals surface area contributed by atoms with Crippen LogP contribution in [0.1, 0.15) is 30.1 Å². The summed E-state index contributed by atoms with van der Waals surface area (Å²) in [4.78, 5) is 20.0. The summed E-state index contributed by atoms with van der Waals surface area (Å²) in [6, 6.07) is 5.20. The third kappa shape index (κ3) is 2.78. The molecule has 0 saturated carbocycles. The molecule has 17 heavy (non-hydrogen) atoms. The lowest BCUT2D eigenvalue weighted by Crippen LogP contribution is -2.06. The lowest BCUT2D eigenvalue weighted by molar-refractivity contribution is 0.0500. The maximum atomic E-state index is 11.7. The van der Waals surface area contributed by atoms with E-state index in [1.807, 2.05) is 0 Å². The van der Waals surface area contributed by atoms with Crippen molar-refractivity contribution in [1.82, 2.24) is 9.97 Å². The number of unbranched alkanes of at least 4 members (excludes halogenated alkanes) is 1. The zero-order valence-electron chi connectivity index (χ0n) is 9.72. The fourth-order valence-corrected chi connectivity index (χ4v) is 1.48. The third-order valence-electron chi connectivity index (χ3n) is 2.44. The van der Waals surface area contributed by atoms with Gasteiger partial charge in [-0.25, -0.2) is 4.79 Å². The predicted octanol–water partition coefficient (Wildman–Crippen LogP) is 2.59. The monoisotopic (exact) mass is 230 g/mol. The van der Waals surface area contributed by atoms with Crippen LogP contribution in [0.25, 0.3) is 11.0 Å². The Hall–Kier alpha value is -1.97. The van der Waals surface area contributed by atoms with E-state index in [0.717, 1.165) is 18.4 Å². The predicted molar refractivity (Wildman–Crippen MR) is 64.7 cm³/mol. The van der Waals surface area contributed by atoms with Crippen LogP contribution in [0.15, 0.2) is 30.6 Å². The van der Waals surface area contributed by atoms with Crippen molar-refractivity contribution in [2.75, 3.05) is 6.61 Å². The van der Waals surface area contributed by atoms with Crippen molar-refractivity contribution >= 4 is 17.0 Å². The number of nitrogens with zero attached hydrogens (tertiary/aromatic N) is 2. The smallest absolute Gasteiger partial charge is 0.338 e. The Morgan fingerprint density at radius 1 is 1.24 bits per heavy atom. The fourth-order valence-electron chi connectivity index (χ4n) is 1.48. The molecule has 4 heteroatoms. The van der Waals surface area contributed by atoms with Gasteiger partial charge in [0.25, 0.3) is 0 Å². The van der Waals surface area contributed by atoms with Gasteiger partial charge in [0.15, 0.2) is 0 Å². The second-order valence-corrected chi connectivity index (χ2v) is 3.75. The first-order valence-electron chi connectivity index (χ1n) is 5.69. The molecule has 0 fully saturated rings. The van der Waals surface area contributed by atoms with E-state index in [1.165, 1.54) is 0 Å². The molecule has 1 aromatic heterocycles. The molecule has 1 heterocycles. The standard InChI is InChI=1S/C13H14N2O2/c1-2-3-8-17-13(16)10-4-5-11-12(9-10)15-7-6-14-11/h4-7,9H,2-3,8H2,1H3. The Bertz CT molecular complexity index is 526. The Balaban J connectivity index is 2.15. The minimum atomic E-state index is -0.300. The molecule has 0 saturated heterocycles. The van der Waals surface area contributed by atoms with Crippen molar-refractivity contribution in [3.63, 3.8) is 0 Å². The minimum absolute atomic E-state index is 0.300. The third-order valence-corrected chi connectivity index (χ3v) is 2.44. The number of ether oxygens (including phenoxy) is 1. The van der Waals surface area contributed by atoms with Gasteiger partial charge in [-0.2, -0.15) is 0 Å². The molecule has 0 aliphatic heterocycles. The van der Waals surface area contributed by atoms with E-state index in [-0.39, 0.29) is 5.97 Å². The number of hydrogen-bond acceptors (Lipinski definition) is 4. The number of rotatable bonds is 4. The minimum Gasteiger partial charge on any atom is -0.462 e. The average Bonchev–Trinajstić information content (AvgIpc) is 2.38. The second kappa shape index (κ2) is 5.39. The molecule has 0 aliphatic rings. The number of hydrogen-bond donors (Lipinski definition) is 0. The van der Waals surface area contributed by atoms with Crippen LogP contribution in [0, 0.1) is 0 Å². The van der Waals surface area contributed by atoms with Gasteiger partial charge in [0.1, 0.15) is 0 Å². The van der Waals surface area contributed by atoms with E-state index in [4.69, 9.17) is 4.74 Å². The van der Waals surface area contributed by atoms with E-state index in [1.54, 1.807) is 30.6 Å². The summed E-state index contributed by atoms with van der Waals surface area (Å²) in [6.07, 6.45) is 5.13. The van der Waals surface area contributed by atoms with E-state index in [2.05, 4.69) is 16.9 Å². The molecule has 0 amide bonds. The lowest BCUT2D eigenvalue weighted by Gasteiger charge is -2.04. The first kappa shape index (κ1) is 11.5.